The highest BCUT2D eigenvalue weighted by Gasteiger charge is 2.36. The molecule has 6 heteroatoms. The molecule has 0 radical (unpaired) electrons. The van der Waals surface area contributed by atoms with Crippen LogP contribution in [0.1, 0.15) is 17.7 Å². The molecule has 4 rings (SSSR count). The lowest BCUT2D eigenvalue weighted by molar-refractivity contribution is 0.386. The van der Waals surface area contributed by atoms with E-state index >= 15 is 0 Å². The van der Waals surface area contributed by atoms with Crippen molar-refractivity contribution in [3.8, 4) is 0 Å². The van der Waals surface area contributed by atoms with Gasteiger partial charge < -0.3 is 5.11 Å². The van der Waals surface area contributed by atoms with Crippen LogP contribution < -0.4 is 15.6 Å². The van der Waals surface area contributed by atoms with Gasteiger partial charge in [0.05, 0.1) is 23.3 Å². The summed E-state index contributed by atoms with van der Waals surface area (Å²) in [7, 11) is 0. The van der Waals surface area contributed by atoms with Crippen LogP contribution in [-0.2, 0) is 6.42 Å². The number of hydrogen-bond acceptors (Lipinski definition) is 5. The number of para-hydroxylation sites is 1. The molecule has 22 heavy (non-hydrogen) atoms. The van der Waals surface area contributed by atoms with E-state index in [4.69, 9.17) is 0 Å². The van der Waals surface area contributed by atoms with Crippen LogP contribution in [0.15, 0.2) is 48.1 Å². The Kier molecular flexibility index (Phi) is 2.80. The quantitative estimate of drug-likeness (QED) is 0.848. The Labute approximate surface area is 127 Å². The van der Waals surface area contributed by atoms with E-state index in [9.17, 15) is 9.50 Å². The molecule has 0 fully saturated rings. The van der Waals surface area contributed by atoms with E-state index in [1.54, 1.807) is 17.3 Å². The van der Waals surface area contributed by atoms with Crippen molar-refractivity contribution < 1.29 is 9.50 Å². The smallest absolute Gasteiger partial charge is 0.229 e. The Hall–Kier alpha value is -2.60. The second-order valence-corrected chi connectivity index (χ2v) is 5.45. The molecule has 2 N–H and O–H groups in total. The fraction of sp³-hybridized carbons (Fsp3) is 0.188. The summed E-state index contributed by atoms with van der Waals surface area (Å²) in [6.07, 6.45) is 3.01. The SMILES string of the molecule is Cc1ccc(N2NN3C(=C2O)CCc2cccc(F)c23)cn1. The first kappa shape index (κ1) is 13.1. The number of rotatable bonds is 1. The lowest BCUT2D eigenvalue weighted by Gasteiger charge is -2.29. The second kappa shape index (κ2) is 4.71. The van der Waals surface area contributed by atoms with Crippen LogP contribution in [0.25, 0.3) is 0 Å². The zero-order valence-electron chi connectivity index (χ0n) is 12.0. The van der Waals surface area contributed by atoms with Crippen LogP contribution in [0.5, 0.6) is 0 Å². The Bertz CT molecular complexity index is 772. The summed E-state index contributed by atoms with van der Waals surface area (Å²) >= 11 is 0. The normalized spacial score (nSPS) is 16.8. The highest BCUT2D eigenvalue weighted by atomic mass is 19.1. The zero-order valence-corrected chi connectivity index (χ0v) is 12.0. The van der Waals surface area contributed by atoms with E-state index in [1.807, 2.05) is 25.1 Å². The van der Waals surface area contributed by atoms with Crippen LogP contribution in [0, 0.1) is 12.7 Å². The monoisotopic (exact) mass is 298 g/mol. The van der Waals surface area contributed by atoms with Gasteiger partial charge in [0.2, 0.25) is 5.88 Å². The van der Waals surface area contributed by atoms with E-state index in [2.05, 4.69) is 10.5 Å². The van der Waals surface area contributed by atoms with Gasteiger partial charge in [0, 0.05) is 5.69 Å². The Morgan fingerprint density at radius 3 is 2.82 bits per heavy atom. The molecule has 1 aromatic carbocycles. The first-order valence-electron chi connectivity index (χ1n) is 7.14. The standard InChI is InChI=1S/C16H15FN4O/c1-10-5-7-12(9-18-10)20-16(22)14-8-6-11-3-2-4-13(17)15(11)21(14)19-20/h2-5,7,9,19,22H,6,8H2,1H3. The third-order valence-corrected chi connectivity index (χ3v) is 4.02. The highest BCUT2D eigenvalue weighted by Crippen LogP contribution is 2.38. The summed E-state index contributed by atoms with van der Waals surface area (Å²) < 4.78 is 14.2. The molecule has 0 aliphatic carbocycles. The van der Waals surface area contributed by atoms with Gasteiger partial charge in [0.25, 0.3) is 0 Å². The molecule has 5 nitrogen and oxygen atoms in total. The first-order valence-corrected chi connectivity index (χ1v) is 7.14. The number of hydrazine groups is 2. The topological polar surface area (TPSA) is 51.6 Å². The first-order chi connectivity index (χ1) is 10.6. The minimum atomic E-state index is -0.307. The summed E-state index contributed by atoms with van der Waals surface area (Å²) in [5.74, 6) is -0.224. The molecule has 2 aromatic rings. The summed E-state index contributed by atoms with van der Waals surface area (Å²) in [6.45, 7) is 1.90. The molecule has 0 saturated carbocycles. The maximum absolute atomic E-state index is 14.2. The number of aliphatic hydroxyl groups excluding tert-OH is 1. The van der Waals surface area contributed by atoms with Crippen molar-refractivity contribution in [1.82, 2.24) is 10.5 Å². The molecule has 0 spiro atoms. The number of aromatic nitrogens is 1. The summed E-state index contributed by atoms with van der Waals surface area (Å²) in [5, 5.41) is 13.6. The maximum atomic E-state index is 14.2. The molecule has 112 valence electrons. The Morgan fingerprint density at radius 1 is 1.18 bits per heavy atom. The number of pyridine rings is 1. The number of aliphatic hydroxyl groups is 1. The van der Waals surface area contributed by atoms with E-state index in [0.717, 1.165) is 11.3 Å². The van der Waals surface area contributed by atoms with Crippen LogP contribution >= 0.6 is 0 Å². The van der Waals surface area contributed by atoms with Gasteiger partial charge in [-0.15, -0.1) is 5.53 Å². The van der Waals surface area contributed by atoms with Crippen molar-refractivity contribution in [3.05, 3.63) is 65.2 Å². The molecule has 0 atom stereocenters. The van der Waals surface area contributed by atoms with E-state index in [0.29, 0.717) is 29.9 Å². The highest BCUT2D eigenvalue weighted by molar-refractivity contribution is 5.66. The van der Waals surface area contributed by atoms with Gasteiger partial charge in [0.15, 0.2) is 0 Å². The molecule has 3 heterocycles. The number of halogens is 1. The van der Waals surface area contributed by atoms with Crippen molar-refractivity contribution in [2.75, 3.05) is 10.0 Å². The molecule has 0 amide bonds. The number of fused-ring (bicyclic) bond motifs is 3. The van der Waals surface area contributed by atoms with Crippen molar-refractivity contribution >= 4 is 11.4 Å². The van der Waals surface area contributed by atoms with Gasteiger partial charge in [0.1, 0.15) is 5.82 Å². The van der Waals surface area contributed by atoms with Crippen LogP contribution in [0.3, 0.4) is 0 Å². The lowest BCUT2D eigenvalue weighted by Crippen LogP contribution is -2.43. The van der Waals surface area contributed by atoms with Crippen LogP contribution in [0.4, 0.5) is 15.8 Å². The van der Waals surface area contributed by atoms with Crippen molar-refractivity contribution in [3.63, 3.8) is 0 Å². The van der Waals surface area contributed by atoms with Gasteiger partial charge in [-0.05, 0) is 43.5 Å². The molecular weight excluding hydrogens is 283 g/mol. The summed E-state index contributed by atoms with van der Waals surface area (Å²) in [5.41, 5.74) is 6.69. The molecule has 1 aromatic heterocycles. The van der Waals surface area contributed by atoms with Crippen LogP contribution in [0.2, 0.25) is 0 Å². The summed E-state index contributed by atoms with van der Waals surface area (Å²) in [4.78, 5) is 4.23. The van der Waals surface area contributed by atoms with Crippen molar-refractivity contribution in [1.29, 1.82) is 0 Å². The van der Waals surface area contributed by atoms with Crippen molar-refractivity contribution in [2.24, 2.45) is 0 Å². The largest absolute Gasteiger partial charge is 0.492 e. The maximum Gasteiger partial charge on any atom is 0.229 e. The predicted octanol–water partition coefficient (Wildman–Crippen LogP) is 2.95. The molecule has 2 aliphatic heterocycles. The minimum Gasteiger partial charge on any atom is -0.492 e. The predicted molar refractivity (Wildman–Crippen MR) is 81.4 cm³/mol. The number of nitrogens with zero attached hydrogens (tertiary/aromatic N) is 3. The number of allylic oxidation sites excluding steroid dienone is 1. The number of nitrogens with one attached hydrogen (secondary N) is 1. The lowest BCUT2D eigenvalue weighted by atomic mass is 10.0. The fourth-order valence-corrected chi connectivity index (χ4v) is 2.88. The van der Waals surface area contributed by atoms with E-state index in [1.165, 1.54) is 11.1 Å². The molecule has 2 aliphatic rings. The average molecular weight is 298 g/mol. The van der Waals surface area contributed by atoms with Crippen LogP contribution in [-0.4, -0.2) is 10.1 Å². The van der Waals surface area contributed by atoms with Gasteiger partial charge >= 0.3 is 0 Å². The van der Waals surface area contributed by atoms with E-state index in [-0.39, 0.29) is 11.7 Å². The number of aryl methyl sites for hydroxylation is 2. The Morgan fingerprint density at radius 2 is 2.05 bits per heavy atom. The molecular formula is C16H15FN4O. The third kappa shape index (κ3) is 1.84. The second-order valence-electron chi connectivity index (χ2n) is 5.45. The molecule has 0 bridgehead atoms. The Balaban J connectivity index is 1.77. The number of benzene rings is 1. The van der Waals surface area contributed by atoms with Gasteiger partial charge in [-0.25, -0.2) is 9.40 Å². The van der Waals surface area contributed by atoms with Gasteiger partial charge in [-0.3, -0.25) is 9.99 Å². The fourth-order valence-electron chi connectivity index (χ4n) is 2.88. The number of hydrogen-bond donors (Lipinski definition) is 2. The molecule has 0 unspecified atom stereocenters. The van der Waals surface area contributed by atoms with E-state index < -0.39 is 0 Å². The van der Waals surface area contributed by atoms with Gasteiger partial charge in [-0.1, -0.05) is 12.1 Å². The summed E-state index contributed by atoms with van der Waals surface area (Å²) in [6, 6.07) is 8.76. The van der Waals surface area contributed by atoms with Gasteiger partial charge in [-0.2, -0.15) is 0 Å². The van der Waals surface area contributed by atoms with Crippen molar-refractivity contribution in [2.45, 2.75) is 19.8 Å². The third-order valence-electron chi connectivity index (χ3n) is 4.02. The zero-order chi connectivity index (χ0) is 15.3. The number of anilines is 2. The molecule has 0 saturated heterocycles. The minimum absolute atomic E-state index is 0.0829. The average Bonchev–Trinajstić information content (AvgIpc) is 2.85.